The number of hydroxylamine groups is 1. The lowest BCUT2D eigenvalue weighted by Gasteiger charge is -2.28. The van der Waals surface area contributed by atoms with Crippen molar-refractivity contribution in [3.05, 3.63) is 53.1 Å². The molecule has 0 unspecified atom stereocenters. The topological polar surface area (TPSA) is 107 Å². The van der Waals surface area contributed by atoms with Crippen LogP contribution in [-0.4, -0.2) is 56.4 Å². The number of methoxy groups -OCH3 is 3. The van der Waals surface area contributed by atoms with Crippen LogP contribution in [0.3, 0.4) is 0 Å². The summed E-state index contributed by atoms with van der Waals surface area (Å²) in [4.78, 5) is 25.7. The number of nitrogens with zero attached hydrogens (tertiary/aromatic N) is 1. The fourth-order valence-corrected chi connectivity index (χ4v) is 4.05. The number of benzene rings is 2. The van der Waals surface area contributed by atoms with Crippen LogP contribution in [0, 0.1) is 0 Å². The summed E-state index contributed by atoms with van der Waals surface area (Å²) in [6, 6.07) is 9.44. The van der Waals surface area contributed by atoms with Gasteiger partial charge in [-0.05, 0) is 72.7 Å². The normalized spacial score (nSPS) is 12.7. The number of hydrogen-bond donors (Lipinski definition) is 2. The van der Waals surface area contributed by atoms with Gasteiger partial charge in [-0.2, -0.15) is 0 Å². The lowest BCUT2D eigenvalue weighted by Crippen LogP contribution is -2.34. The number of hydrogen-bond acceptors (Lipinski definition) is 7. The highest BCUT2D eigenvalue weighted by atomic mass is 16.5. The molecule has 0 saturated carbocycles. The standard InChI is InChI=1S/C27H34N2O7/c1-33-23-15-19(8-10-22(23)36-14-6-4-5-7-26(30)28-32)9-11-27(31)29-13-12-20-16-24(34-2)25(35-3)17-21(20)18-29/h8-11,15-17,32H,4-7,12-14,18H2,1-3H3,(H,28,30)/b11-9+. The van der Waals surface area contributed by atoms with E-state index in [1.807, 2.05) is 35.2 Å². The number of rotatable bonds is 12. The monoisotopic (exact) mass is 498 g/mol. The number of carbonyl (C=O) groups is 2. The molecule has 1 aliphatic heterocycles. The van der Waals surface area contributed by atoms with Gasteiger partial charge in [-0.15, -0.1) is 0 Å². The molecule has 0 aromatic heterocycles. The first-order valence-corrected chi connectivity index (χ1v) is 11.9. The smallest absolute Gasteiger partial charge is 0.246 e. The molecule has 9 nitrogen and oxygen atoms in total. The van der Waals surface area contributed by atoms with Crippen molar-refractivity contribution < 1.29 is 33.7 Å². The van der Waals surface area contributed by atoms with Gasteiger partial charge >= 0.3 is 0 Å². The average Bonchev–Trinajstić information content (AvgIpc) is 2.92. The summed E-state index contributed by atoms with van der Waals surface area (Å²) < 4.78 is 22.1. The Labute approximate surface area is 211 Å². The minimum absolute atomic E-state index is 0.0652. The van der Waals surface area contributed by atoms with Crippen molar-refractivity contribution in [1.82, 2.24) is 10.4 Å². The maximum atomic E-state index is 12.9. The van der Waals surface area contributed by atoms with Crippen molar-refractivity contribution in [3.8, 4) is 23.0 Å². The van der Waals surface area contributed by atoms with E-state index in [9.17, 15) is 9.59 Å². The van der Waals surface area contributed by atoms with E-state index in [0.29, 0.717) is 49.1 Å². The summed E-state index contributed by atoms with van der Waals surface area (Å²) >= 11 is 0. The lowest BCUT2D eigenvalue weighted by atomic mass is 9.98. The molecule has 0 aliphatic carbocycles. The zero-order chi connectivity index (χ0) is 25.9. The molecule has 1 aliphatic rings. The van der Waals surface area contributed by atoms with E-state index in [0.717, 1.165) is 36.0 Å². The number of unbranched alkanes of at least 4 members (excludes halogenated alkanes) is 2. The van der Waals surface area contributed by atoms with Crippen molar-refractivity contribution in [2.45, 2.75) is 38.6 Å². The number of ether oxygens (including phenoxy) is 4. The van der Waals surface area contributed by atoms with Gasteiger partial charge in [0.05, 0.1) is 27.9 Å². The van der Waals surface area contributed by atoms with Crippen molar-refractivity contribution in [3.63, 3.8) is 0 Å². The van der Waals surface area contributed by atoms with Crippen LogP contribution < -0.4 is 24.4 Å². The van der Waals surface area contributed by atoms with Crippen LogP contribution in [-0.2, 0) is 22.6 Å². The van der Waals surface area contributed by atoms with E-state index in [4.69, 9.17) is 24.2 Å². The predicted molar refractivity (Wildman–Crippen MR) is 135 cm³/mol. The van der Waals surface area contributed by atoms with Crippen LogP contribution in [0.15, 0.2) is 36.4 Å². The van der Waals surface area contributed by atoms with Gasteiger partial charge in [-0.3, -0.25) is 14.8 Å². The molecule has 2 amide bonds. The highest BCUT2D eigenvalue weighted by molar-refractivity contribution is 5.92. The fraction of sp³-hybridized carbons (Fsp3) is 0.407. The third-order valence-electron chi connectivity index (χ3n) is 6.07. The van der Waals surface area contributed by atoms with E-state index in [-0.39, 0.29) is 18.2 Å². The lowest BCUT2D eigenvalue weighted by molar-refractivity contribution is -0.129. The summed E-state index contributed by atoms with van der Waals surface area (Å²) in [6.07, 6.45) is 6.63. The number of carbonyl (C=O) groups excluding carboxylic acids is 2. The minimum atomic E-state index is -0.384. The first-order valence-electron chi connectivity index (χ1n) is 11.9. The van der Waals surface area contributed by atoms with Gasteiger partial charge in [0.2, 0.25) is 11.8 Å². The highest BCUT2D eigenvalue weighted by Gasteiger charge is 2.21. The zero-order valence-electron chi connectivity index (χ0n) is 21.0. The number of amides is 2. The molecule has 2 aromatic carbocycles. The molecule has 36 heavy (non-hydrogen) atoms. The summed E-state index contributed by atoms with van der Waals surface area (Å²) in [5.41, 5.74) is 4.67. The second-order valence-electron chi connectivity index (χ2n) is 8.42. The molecule has 3 rings (SSSR count). The molecule has 2 N–H and O–H groups in total. The van der Waals surface area contributed by atoms with Crippen molar-refractivity contribution >= 4 is 17.9 Å². The van der Waals surface area contributed by atoms with E-state index >= 15 is 0 Å². The molecule has 1 heterocycles. The van der Waals surface area contributed by atoms with Crippen LogP contribution >= 0.6 is 0 Å². The maximum Gasteiger partial charge on any atom is 0.246 e. The Morgan fingerprint density at radius 3 is 2.33 bits per heavy atom. The van der Waals surface area contributed by atoms with Gasteiger partial charge in [0.25, 0.3) is 0 Å². The van der Waals surface area contributed by atoms with Gasteiger partial charge in [0.1, 0.15) is 0 Å². The van der Waals surface area contributed by atoms with Crippen molar-refractivity contribution in [2.24, 2.45) is 0 Å². The molecule has 0 saturated heterocycles. The Morgan fingerprint density at radius 2 is 1.64 bits per heavy atom. The molecule has 0 spiro atoms. The largest absolute Gasteiger partial charge is 0.493 e. The quantitative estimate of drug-likeness (QED) is 0.199. The zero-order valence-corrected chi connectivity index (χ0v) is 21.0. The molecule has 2 aromatic rings. The van der Waals surface area contributed by atoms with E-state index in [2.05, 4.69) is 0 Å². The van der Waals surface area contributed by atoms with Crippen LogP contribution in [0.2, 0.25) is 0 Å². The van der Waals surface area contributed by atoms with E-state index < -0.39 is 0 Å². The maximum absolute atomic E-state index is 12.9. The third-order valence-corrected chi connectivity index (χ3v) is 6.07. The fourth-order valence-electron chi connectivity index (χ4n) is 4.05. The summed E-state index contributed by atoms with van der Waals surface area (Å²) in [6.45, 7) is 1.63. The Balaban J connectivity index is 1.55. The van der Waals surface area contributed by atoms with Crippen molar-refractivity contribution in [2.75, 3.05) is 34.5 Å². The van der Waals surface area contributed by atoms with Gasteiger partial charge < -0.3 is 23.8 Å². The third kappa shape index (κ3) is 7.14. The van der Waals surface area contributed by atoms with Gasteiger partial charge in [0, 0.05) is 25.6 Å². The molecule has 0 radical (unpaired) electrons. The molecule has 9 heteroatoms. The molecule has 0 bridgehead atoms. The van der Waals surface area contributed by atoms with E-state index in [1.165, 1.54) is 0 Å². The van der Waals surface area contributed by atoms with Crippen LogP contribution in [0.1, 0.15) is 42.4 Å². The second kappa shape index (κ2) is 13.4. The van der Waals surface area contributed by atoms with Gasteiger partial charge in [-0.1, -0.05) is 6.07 Å². The Hall–Kier alpha value is -3.72. The van der Waals surface area contributed by atoms with E-state index in [1.54, 1.807) is 39.0 Å². The SMILES string of the molecule is COc1cc2c(cc1OC)CN(C(=O)/C=C/c1ccc(OCCCCCC(=O)NO)c(OC)c1)CC2. The van der Waals surface area contributed by atoms with Crippen LogP contribution in [0.5, 0.6) is 23.0 Å². The van der Waals surface area contributed by atoms with Gasteiger partial charge in [0.15, 0.2) is 23.0 Å². The second-order valence-corrected chi connectivity index (χ2v) is 8.42. The average molecular weight is 499 g/mol. The molecule has 194 valence electrons. The highest BCUT2D eigenvalue weighted by Crippen LogP contribution is 2.33. The number of nitrogens with one attached hydrogen (secondary N) is 1. The van der Waals surface area contributed by atoms with Crippen LogP contribution in [0.4, 0.5) is 0 Å². The minimum Gasteiger partial charge on any atom is -0.493 e. The molecular formula is C27H34N2O7. The van der Waals surface area contributed by atoms with Crippen molar-refractivity contribution in [1.29, 1.82) is 0 Å². The Morgan fingerprint density at radius 1 is 0.944 bits per heavy atom. The van der Waals surface area contributed by atoms with Crippen LogP contribution in [0.25, 0.3) is 6.08 Å². The Bertz CT molecular complexity index is 1080. The first-order chi connectivity index (χ1) is 17.5. The first kappa shape index (κ1) is 26.9. The van der Waals surface area contributed by atoms with Gasteiger partial charge in [-0.25, -0.2) is 5.48 Å². The predicted octanol–water partition coefficient (Wildman–Crippen LogP) is 3.76. The molecule has 0 fully saturated rings. The molecule has 0 atom stereocenters. The number of fused-ring (bicyclic) bond motifs is 1. The summed E-state index contributed by atoms with van der Waals surface area (Å²) in [5.74, 6) is 2.10. The molecular weight excluding hydrogens is 464 g/mol. The summed E-state index contributed by atoms with van der Waals surface area (Å²) in [5, 5.41) is 8.50. The Kier molecular flexibility index (Phi) is 10.00. The summed E-state index contributed by atoms with van der Waals surface area (Å²) in [7, 11) is 4.79.